The van der Waals surface area contributed by atoms with Gasteiger partial charge in [0.2, 0.25) is 0 Å². The van der Waals surface area contributed by atoms with E-state index in [4.69, 9.17) is 0 Å². The number of aliphatic hydroxyl groups is 1. The molecule has 2 rings (SSSR count). The van der Waals surface area contributed by atoms with Crippen molar-refractivity contribution in [1.82, 2.24) is 0 Å². The van der Waals surface area contributed by atoms with Crippen LogP contribution in [0.3, 0.4) is 0 Å². The number of rotatable bonds is 1. The predicted octanol–water partition coefficient (Wildman–Crippen LogP) is 4.39. The lowest BCUT2D eigenvalue weighted by atomic mass is 9.59. The van der Waals surface area contributed by atoms with Crippen LogP contribution in [0.15, 0.2) is 0 Å². The van der Waals surface area contributed by atoms with Gasteiger partial charge in [0, 0.05) is 0 Å². The average Bonchev–Trinajstić information content (AvgIpc) is 2.14. The van der Waals surface area contributed by atoms with Crippen molar-refractivity contribution in [1.29, 1.82) is 0 Å². The maximum atomic E-state index is 11.1. The molecule has 1 N–H and O–H groups in total. The highest BCUT2D eigenvalue weighted by atomic mass is 16.3. The Hall–Kier alpha value is -0.0400. The van der Waals surface area contributed by atoms with Crippen LogP contribution in [0.25, 0.3) is 0 Å². The molecule has 0 spiro atoms. The van der Waals surface area contributed by atoms with Crippen molar-refractivity contribution >= 4 is 0 Å². The fraction of sp³-hybridized carbons (Fsp3) is 1.00. The maximum absolute atomic E-state index is 11.1. The molecule has 0 heterocycles. The highest BCUT2D eigenvalue weighted by Gasteiger charge is 2.46. The second kappa shape index (κ2) is 4.57. The zero-order chi connectivity index (χ0) is 12.7. The van der Waals surface area contributed by atoms with E-state index < -0.39 is 0 Å². The molecule has 1 nitrogen and oxygen atoms in total. The summed E-state index contributed by atoms with van der Waals surface area (Å²) < 4.78 is 0. The summed E-state index contributed by atoms with van der Waals surface area (Å²) in [5.41, 5.74) is -0.0310. The summed E-state index contributed by atoms with van der Waals surface area (Å²) in [6.07, 6.45) is 8.47. The van der Waals surface area contributed by atoms with E-state index in [1.807, 2.05) is 0 Å². The lowest BCUT2D eigenvalue weighted by molar-refractivity contribution is -0.110. The van der Waals surface area contributed by atoms with E-state index in [1.165, 1.54) is 32.1 Å². The Labute approximate surface area is 107 Å². The molecule has 2 atom stereocenters. The predicted molar refractivity (Wildman–Crippen MR) is 72.9 cm³/mol. The van der Waals surface area contributed by atoms with E-state index >= 15 is 0 Å². The second-order valence-corrected chi connectivity index (χ2v) is 7.91. The van der Waals surface area contributed by atoms with Gasteiger partial charge >= 0.3 is 0 Å². The van der Waals surface area contributed by atoms with Crippen LogP contribution < -0.4 is 0 Å². The minimum atomic E-state index is -0.360. The van der Waals surface area contributed by atoms with Crippen molar-refractivity contribution in [3.05, 3.63) is 0 Å². The summed E-state index contributed by atoms with van der Waals surface area (Å²) in [5.74, 6) is 2.13. The van der Waals surface area contributed by atoms with Crippen LogP contribution in [0, 0.1) is 23.2 Å². The summed E-state index contributed by atoms with van der Waals surface area (Å²) in [6.45, 7) is 9.34. The third kappa shape index (κ3) is 3.05. The number of hydrogen-bond donors (Lipinski definition) is 1. The van der Waals surface area contributed by atoms with Gasteiger partial charge in [0.25, 0.3) is 0 Å². The van der Waals surface area contributed by atoms with Gasteiger partial charge in [-0.2, -0.15) is 0 Å². The second-order valence-electron chi connectivity index (χ2n) is 7.91. The van der Waals surface area contributed by atoms with Crippen LogP contribution >= 0.6 is 0 Å². The first kappa shape index (κ1) is 13.4. The third-order valence-corrected chi connectivity index (χ3v) is 5.16. The van der Waals surface area contributed by atoms with Gasteiger partial charge in [-0.1, -0.05) is 40.5 Å². The quantitative estimate of drug-likeness (QED) is 0.718. The molecular weight excluding hydrogens is 208 g/mol. The van der Waals surface area contributed by atoms with Crippen molar-refractivity contribution in [3.8, 4) is 0 Å². The fourth-order valence-electron chi connectivity index (χ4n) is 4.70. The first-order valence-corrected chi connectivity index (χ1v) is 7.53. The summed E-state index contributed by atoms with van der Waals surface area (Å²) >= 11 is 0. The van der Waals surface area contributed by atoms with E-state index in [0.717, 1.165) is 18.8 Å². The van der Waals surface area contributed by atoms with Gasteiger partial charge < -0.3 is 5.11 Å². The first-order chi connectivity index (χ1) is 7.81. The molecule has 0 radical (unpaired) electrons. The van der Waals surface area contributed by atoms with Gasteiger partial charge in [-0.05, 0) is 55.3 Å². The zero-order valence-corrected chi connectivity index (χ0v) is 12.1. The van der Waals surface area contributed by atoms with Gasteiger partial charge in [0.05, 0.1) is 5.60 Å². The molecule has 17 heavy (non-hydrogen) atoms. The molecule has 2 aliphatic carbocycles. The van der Waals surface area contributed by atoms with Crippen LogP contribution in [-0.2, 0) is 0 Å². The van der Waals surface area contributed by atoms with Crippen LogP contribution in [-0.4, -0.2) is 10.7 Å². The summed E-state index contributed by atoms with van der Waals surface area (Å²) in [4.78, 5) is 0. The molecule has 0 amide bonds. The summed E-state index contributed by atoms with van der Waals surface area (Å²) in [6, 6.07) is 0. The van der Waals surface area contributed by atoms with Crippen LogP contribution in [0.4, 0.5) is 0 Å². The van der Waals surface area contributed by atoms with E-state index in [1.54, 1.807) is 0 Å². The normalized spacial score (nSPS) is 46.8. The van der Waals surface area contributed by atoms with Gasteiger partial charge in [0.15, 0.2) is 0 Å². The van der Waals surface area contributed by atoms with Crippen LogP contribution in [0.2, 0.25) is 0 Å². The molecule has 100 valence electrons. The Balaban J connectivity index is 2.07. The van der Waals surface area contributed by atoms with Crippen molar-refractivity contribution < 1.29 is 5.11 Å². The summed E-state index contributed by atoms with van der Waals surface area (Å²) in [7, 11) is 0. The summed E-state index contributed by atoms with van der Waals surface area (Å²) in [5, 5.41) is 11.1. The molecule has 0 aromatic heterocycles. The molecule has 2 fully saturated rings. The lowest BCUT2D eigenvalue weighted by Gasteiger charge is -2.50. The Morgan fingerprint density at radius 2 is 1.47 bits per heavy atom. The van der Waals surface area contributed by atoms with E-state index in [9.17, 15) is 5.11 Å². The van der Waals surface area contributed by atoms with Gasteiger partial charge in [-0.3, -0.25) is 0 Å². The molecule has 0 aromatic carbocycles. The van der Waals surface area contributed by atoms with Crippen molar-refractivity contribution in [2.45, 2.75) is 78.2 Å². The molecule has 0 saturated heterocycles. The number of hydrogen-bond acceptors (Lipinski definition) is 1. The molecule has 1 heteroatoms. The Morgan fingerprint density at radius 1 is 0.882 bits per heavy atom. The molecular formula is C16H30O. The Morgan fingerprint density at radius 3 is 2.00 bits per heavy atom. The SMILES string of the molecule is CC1CCC(C2(O)CC(C)CC(C)(C)C2)CC1. The first-order valence-electron chi connectivity index (χ1n) is 7.53. The Bertz CT molecular complexity index is 263. The van der Waals surface area contributed by atoms with Crippen molar-refractivity contribution in [2.75, 3.05) is 0 Å². The van der Waals surface area contributed by atoms with E-state index in [2.05, 4.69) is 27.7 Å². The topological polar surface area (TPSA) is 20.2 Å². The molecule has 2 aliphatic rings. The van der Waals surface area contributed by atoms with E-state index in [0.29, 0.717) is 17.3 Å². The molecule has 2 saturated carbocycles. The Kier molecular flexibility index (Phi) is 3.60. The highest BCUT2D eigenvalue weighted by molar-refractivity contribution is 4.98. The molecule has 0 aromatic rings. The standard InChI is InChI=1S/C16H30O/c1-12-5-7-14(8-6-12)16(17)10-13(2)9-15(3,4)11-16/h12-14,17H,5-11H2,1-4H3. The van der Waals surface area contributed by atoms with Gasteiger partial charge in [-0.15, -0.1) is 0 Å². The van der Waals surface area contributed by atoms with Gasteiger partial charge in [-0.25, -0.2) is 0 Å². The largest absolute Gasteiger partial charge is 0.390 e. The highest BCUT2D eigenvalue weighted by Crippen LogP contribution is 2.50. The van der Waals surface area contributed by atoms with Crippen LogP contribution in [0.5, 0.6) is 0 Å². The molecule has 2 unspecified atom stereocenters. The van der Waals surface area contributed by atoms with Gasteiger partial charge in [0.1, 0.15) is 0 Å². The smallest absolute Gasteiger partial charge is 0.0683 e. The maximum Gasteiger partial charge on any atom is 0.0683 e. The van der Waals surface area contributed by atoms with Crippen LogP contribution in [0.1, 0.15) is 72.6 Å². The van der Waals surface area contributed by atoms with E-state index in [-0.39, 0.29) is 5.60 Å². The molecule has 0 aliphatic heterocycles. The van der Waals surface area contributed by atoms with Crippen molar-refractivity contribution in [3.63, 3.8) is 0 Å². The molecule has 0 bridgehead atoms. The van der Waals surface area contributed by atoms with Crippen molar-refractivity contribution in [2.24, 2.45) is 23.2 Å². The average molecular weight is 238 g/mol. The lowest BCUT2D eigenvalue weighted by Crippen LogP contribution is -2.48. The zero-order valence-electron chi connectivity index (χ0n) is 12.1. The third-order valence-electron chi connectivity index (χ3n) is 5.16. The fourth-order valence-corrected chi connectivity index (χ4v) is 4.70. The minimum absolute atomic E-state index is 0.329. The minimum Gasteiger partial charge on any atom is -0.390 e. The monoisotopic (exact) mass is 238 g/mol.